The van der Waals surface area contributed by atoms with Crippen LogP contribution in [0.3, 0.4) is 0 Å². The van der Waals surface area contributed by atoms with Crippen molar-refractivity contribution < 1.29 is 9.84 Å². The summed E-state index contributed by atoms with van der Waals surface area (Å²) in [4.78, 5) is 0. The smallest absolute Gasteiger partial charge is 0.177 e. The Hall–Kier alpha value is -3.02. The van der Waals surface area contributed by atoms with Crippen LogP contribution in [0.5, 0.6) is 5.75 Å². The first kappa shape index (κ1) is 15.9. The molecule has 24 heavy (non-hydrogen) atoms. The second-order valence-electron chi connectivity index (χ2n) is 5.39. The summed E-state index contributed by atoms with van der Waals surface area (Å²) >= 11 is 0. The van der Waals surface area contributed by atoms with Crippen molar-refractivity contribution in [2.45, 2.75) is 5.60 Å². The van der Waals surface area contributed by atoms with E-state index in [0.717, 1.165) is 16.7 Å². The van der Waals surface area contributed by atoms with Gasteiger partial charge in [0, 0.05) is 11.1 Å². The van der Waals surface area contributed by atoms with Crippen LogP contribution in [0.1, 0.15) is 16.7 Å². The Morgan fingerprint density at radius 2 is 1.25 bits per heavy atom. The summed E-state index contributed by atoms with van der Waals surface area (Å²) in [7, 11) is 1.61. The number of hydrogen-bond acceptors (Lipinski definition) is 2. The molecule has 0 radical (unpaired) electrons. The highest BCUT2D eigenvalue weighted by Crippen LogP contribution is 2.29. The number of ether oxygens (including phenoxy) is 1. The minimum Gasteiger partial charge on any atom is -0.495 e. The van der Waals surface area contributed by atoms with Crippen molar-refractivity contribution in [2.75, 3.05) is 7.11 Å². The zero-order valence-corrected chi connectivity index (χ0v) is 13.4. The maximum Gasteiger partial charge on any atom is 0.177 e. The van der Waals surface area contributed by atoms with Crippen LogP contribution in [0.4, 0.5) is 0 Å². The van der Waals surface area contributed by atoms with Crippen LogP contribution >= 0.6 is 0 Å². The first-order chi connectivity index (χ1) is 11.7. The standard InChI is InChI=1S/C22H18O2/c1-24-21-15-9-8-10-18(21)16-17-22(23,19-11-4-2-5-12-19)20-13-6-3-7-14-20/h2-15,23H,1H3. The van der Waals surface area contributed by atoms with E-state index in [9.17, 15) is 5.11 Å². The van der Waals surface area contributed by atoms with Gasteiger partial charge in [-0.05, 0) is 12.1 Å². The first-order valence-electron chi connectivity index (χ1n) is 7.73. The summed E-state index contributed by atoms with van der Waals surface area (Å²) < 4.78 is 5.34. The van der Waals surface area contributed by atoms with Crippen molar-refractivity contribution in [1.82, 2.24) is 0 Å². The van der Waals surface area contributed by atoms with Crippen molar-refractivity contribution in [3.63, 3.8) is 0 Å². The summed E-state index contributed by atoms with van der Waals surface area (Å²) in [6.07, 6.45) is 0. The molecular formula is C22H18O2. The SMILES string of the molecule is COc1ccccc1C#CC(O)(c1ccccc1)c1ccccc1. The minimum atomic E-state index is -1.39. The summed E-state index contributed by atoms with van der Waals surface area (Å²) in [5, 5.41) is 11.4. The molecule has 3 rings (SSSR count). The molecule has 0 saturated carbocycles. The summed E-state index contributed by atoms with van der Waals surface area (Å²) in [5.41, 5.74) is 0.825. The van der Waals surface area contributed by atoms with E-state index in [4.69, 9.17) is 4.74 Å². The minimum absolute atomic E-state index is 0.688. The lowest BCUT2D eigenvalue weighted by molar-refractivity contribution is 0.145. The second-order valence-corrected chi connectivity index (χ2v) is 5.39. The quantitative estimate of drug-likeness (QED) is 0.741. The third-order valence-electron chi connectivity index (χ3n) is 3.87. The molecule has 118 valence electrons. The van der Waals surface area contributed by atoms with Gasteiger partial charge < -0.3 is 9.84 Å². The first-order valence-corrected chi connectivity index (χ1v) is 7.73. The lowest BCUT2D eigenvalue weighted by Crippen LogP contribution is -2.25. The second kappa shape index (κ2) is 7.04. The maximum absolute atomic E-state index is 11.4. The number of methoxy groups -OCH3 is 1. The molecule has 0 aliphatic rings. The molecule has 0 atom stereocenters. The monoisotopic (exact) mass is 314 g/mol. The van der Waals surface area contributed by atoms with Gasteiger partial charge in [0.2, 0.25) is 0 Å². The molecule has 3 aromatic carbocycles. The molecule has 0 aliphatic heterocycles. The van der Waals surface area contributed by atoms with E-state index in [2.05, 4.69) is 11.8 Å². The number of hydrogen-bond donors (Lipinski definition) is 1. The highest BCUT2D eigenvalue weighted by atomic mass is 16.5. The topological polar surface area (TPSA) is 29.5 Å². The van der Waals surface area contributed by atoms with Crippen LogP contribution in [0, 0.1) is 11.8 Å². The fourth-order valence-corrected chi connectivity index (χ4v) is 2.58. The van der Waals surface area contributed by atoms with Crippen molar-refractivity contribution in [1.29, 1.82) is 0 Å². The lowest BCUT2D eigenvalue weighted by Gasteiger charge is -2.23. The summed E-state index contributed by atoms with van der Waals surface area (Å²) in [6, 6.07) is 26.5. The number of rotatable bonds is 3. The summed E-state index contributed by atoms with van der Waals surface area (Å²) in [5.74, 6) is 6.81. The van der Waals surface area contributed by atoms with Gasteiger partial charge in [-0.1, -0.05) is 84.6 Å². The average molecular weight is 314 g/mol. The Kier molecular flexibility index (Phi) is 4.65. The third kappa shape index (κ3) is 3.17. The Morgan fingerprint density at radius 3 is 1.79 bits per heavy atom. The van der Waals surface area contributed by atoms with Gasteiger partial charge in [0.25, 0.3) is 0 Å². The highest BCUT2D eigenvalue weighted by Gasteiger charge is 2.29. The van der Waals surface area contributed by atoms with Crippen LogP contribution in [-0.4, -0.2) is 12.2 Å². The Morgan fingerprint density at radius 1 is 0.750 bits per heavy atom. The van der Waals surface area contributed by atoms with Gasteiger partial charge in [0.05, 0.1) is 12.7 Å². The predicted octanol–water partition coefficient (Wildman–Crippen LogP) is 3.98. The molecule has 0 fully saturated rings. The Bertz CT molecular complexity index is 819. The van der Waals surface area contributed by atoms with Gasteiger partial charge >= 0.3 is 0 Å². The molecule has 0 spiro atoms. The normalized spacial score (nSPS) is 10.6. The number of benzene rings is 3. The molecule has 0 bridgehead atoms. The molecule has 0 aromatic heterocycles. The zero-order valence-electron chi connectivity index (χ0n) is 13.4. The van der Waals surface area contributed by atoms with Crippen molar-refractivity contribution >= 4 is 0 Å². The van der Waals surface area contributed by atoms with Crippen LogP contribution in [-0.2, 0) is 5.60 Å². The van der Waals surface area contributed by atoms with E-state index < -0.39 is 5.60 Å². The van der Waals surface area contributed by atoms with Crippen LogP contribution in [0.2, 0.25) is 0 Å². The van der Waals surface area contributed by atoms with Gasteiger partial charge in [-0.15, -0.1) is 0 Å². The van der Waals surface area contributed by atoms with E-state index in [1.54, 1.807) is 7.11 Å². The van der Waals surface area contributed by atoms with Crippen molar-refractivity contribution in [2.24, 2.45) is 0 Å². The highest BCUT2D eigenvalue weighted by molar-refractivity contribution is 5.51. The third-order valence-corrected chi connectivity index (χ3v) is 3.87. The Balaban J connectivity index is 2.13. The maximum atomic E-state index is 11.4. The lowest BCUT2D eigenvalue weighted by atomic mass is 9.86. The molecule has 2 nitrogen and oxygen atoms in total. The molecule has 1 N–H and O–H groups in total. The van der Waals surface area contributed by atoms with Crippen LogP contribution in [0.25, 0.3) is 0 Å². The molecule has 0 aliphatic carbocycles. The molecule has 0 unspecified atom stereocenters. The van der Waals surface area contributed by atoms with Gasteiger partial charge in [-0.3, -0.25) is 0 Å². The van der Waals surface area contributed by atoms with E-state index >= 15 is 0 Å². The van der Waals surface area contributed by atoms with E-state index in [0.29, 0.717) is 5.75 Å². The number of aliphatic hydroxyl groups is 1. The van der Waals surface area contributed by atoms with Crippen LogP contribution < -0.4 is 4.74 Å². The van der Waals surface area contributed by atoms with Gasteiger partial charge in [0.15, 0.2) is 5.60 Å². The number of para-hydroxylation sites is 1. The largest absolute Gasteiger partial charge is 0.495 e. The van der Waals surface area contributed by atoms with E-state index in [-0.39, 0.29) is 0 Å². The predicted molar refractivity (Wildman–Crippen MR) is 95.8 cm³/mol. The van der Waals surface area contributed by atoms with Gasteiger partial charge in [-0.25, -0.2) is 0 Å². The Labute approximate surface area is 142 Å². The van der Waals surface area contributed by atoms with Gasteiger partial charge in [0.1, 0.15) is 5.75 Å². The summed E-state index contributed by atoms with van der Waals surface area (Å²) in [6.45, 7) is 0. The van der Waals surface area contributed by atoms with Crippen LogP contribution in [0.15, 0.2) is 84.9 Å². The molecule has 3 aromatic rings. The average Bonchev–Trinajstić information content (AvgIpc) is 2.67. The molecule has 0 heterocycles. The molecule has 0 amide bonds. The van der Waals surface area contributed by atoms with E-state index in [1.165, 1.54) is 0 Å². The van der Waals surface area contributed by atoms with E-state index in [1.807, 2.05) is 84.9 Å². The van der Waals surface area contributed by atoms with Crippen molar-refractivity contribution in [3.05, 3.63) is 102 Å². The van der Waals surface area contributed by atoms with Gasteiger partial charge in [-0.2, -0.15) is 0 Å². The zero-order chi connectivity index (χ0) is 16.8. The molecule has 2 heteroatoms. The fourth-order valence-electron chi connectivity index (χ4n) is 2.58. The van der Waals surface area contributed by atoms with Crippen molar-refractivity contribution in [3.8, 4) is 17.6 Å². The molecular weight excluding hydrogens is 296 g/mol. The fraction of sp³-hybridized carbons (Fsp3) is 0.0909. The molecule has 0 saturated heterocycles.